The number of hydrogen-bond donors (Lipinski definition) is 0. The molecule has 138 valence electrons. The predicted molar refractivity (Wildman–Crippen MR) is 97.6 cm³/mol. The Hall–Kier alpha value is -3.39. The van der Waals surface area contributed by atoms with Gasteiger partial charge in [0.05, 0.1) is 29.7 Å². The van der Waals surface area contributed by atoms with Crippen LogP contribution in [0.5, 0.6) is 11.5 Å². The quantitative estimate of drug-likeness (QED) is 0.382. The molecule has 0 spiro atoms. The number of carbonyl (C=O) groups excluding carboxylic acids is 2. The highest BCUT2D eigenvalue weighted by Crippen LogP contribution is 2.38. The van der Waals surface area contributed by atoms with E-state index in [9.17, 15) is 19.7 Å². The molecule has 0 aliphatic rings. The fourth-order valence-corrected chi connectivity index (χ4v) is 2.80. The van der Waals surface area contributed by atoms with E-state index < -0.39 is 16.8 Å². The smallest absolute Gasteiger partial charge is 0.308 e. The second-order valence-corrected chi connectivity index (χ2v) is 6.01. The minimum Gasteiger partial charge on any atom is -0.494 e. The molecule has 27 heavy (non-hydrogen) atoms. The van der Waals surface area contributed by atoms with Crippen molar-refractivity contribution in [1.82, 2.24) is 4.57 Å². The van der Waals surface area contributed by atoms with Gasteiger partial charge in [-0.1, -0.05) is 11.6 Å². The number of aromatic nitrogens is 1. The zero-order valence-corrected chi connectivity index (χ0v) is 15.0. The molecule has 0 aliphatic heterocycles. The van der Waals surface area contributed by atoms with Crippen LogP contribution in [-0.4, -0.2) is 28.5 Å². The van der Waals surface area contributed by atoms with Crippen LogP contribution in [0.15, 0.2) is 42.6 Å². The predicted octanol–water partition coefficient (Wildman–Crippen LogP) is 3.83. The van der Waals surface area contributed by atoms with Gasteiger partial charge < -0.3 is 9.47 Å². The fourth-order valence-electron chi connectivity index (χ4n) is 2.67. The summed E-state index contributed by atoms with van der Waals surface area (Å²) in [4.78, 5) is 35.0. The van der Waals surface area contributed by atoms with Gasteiger partial charge in [0.15, 0.2) is 11.5 Å². The van der Waals surface area contributed by atoms with Crippen LogP contribution < -0.4 is 9.47 Å². The van der Waals surface area contributed by atoms with Crippen molar-refractivity contribution in [3.63, 3.8) is 0 Å². The third-order valence-electron chi connectivity index (χ3n) is 3.81. The Balaban J connectivity index is 2.28. The standard InChI is InChI=1S/C18H13ClN2O6/c1-10(22)27-16-9-20(18(23)11-3-5-12(19)6-4-11)17-14(16)7-13(21(24)25)8-15(17)26-2/h3-9H,1-2H3. The Labute approximate surface area is 158 Å². The average Bonchev–Trinajstić information content (AvgIpc) is 2.99. The number of non-ortho nitro benzene ring substituents is 1. The Morgan fingerprint density at radius 1 is 1.15 bits per heavy atom. The summed E-state index contributed by atoms with van der Waals surface area (Å²) in [6, 6.07) is 8.64. The molecular weight excluding hydrogens is 376 g/mol. The number of ether oxygens (including phenoxy) is 2. The molecule has 0 N–H and O–H groups in total. The van der Waals surface area contributed by atoms with Crippen molar-refractivity contribution in [2.75, 3.05) is 7.11 Å². The number of rotatable bonds is 4. The van der Waals surface area contributed by atoms with Crippen molar-refractivity contribution < 1.29 is 24.0 Å². The maximum Gasteiger partial charge on any atom is 0.308 e. The van der Waals surface area contributed by atoms with E-state index in [1.165, 1.54) is 36.9 Å². The van der Waals surface area contributed by atoms with Crippen molar-refractivity contribution in [2.45, 2.75) is 6.92 Å². The van der Waals surface area contributed by atoms with E-state index >= 15 is 0 Å². The maximum atomic E-state index is 12.9. The van der Waals surface area contributed by atoms with Crippen molar-refractivity contribution in [3.05, 3.63) is 63.3 Å². The van der Waals surface area contributed by atoms with Crippen LogP contribution in [0, 0.1) is 10.1 Å². The summed E-state index contributed by atoms with van der Waals surface area (Å²) in [6.45, 7) is 1.19. The largest absolute Gasteiger partial charge is 0.494 e. The number of halogens is 1. The van der Waals surface area contributed by atoms with Crippen LogP contribution in [0.1, 0.15) is 17.3 Å². The first-order chi connectivity index (χ1) is 12.8. The molecule has 0 amide bonds. The Morgan fingerprint density at radius 3 is 2.37 bits per heavy atom. The van der Waals surface area contributed by atoms with Gasteiger partial charge in [0.25, 0.3) is 11.6 Å². The maximum absolute atomic E-state index is 12.9. The summed E-state index contributed by atoms with van der Waals surface area (Å²) in [5.41, 5.74) is 0.315. The second-order valence-electron chi connectivity index (χ2n) is 5.57. The van der Waals surface area contributed by atoms with E-state index in [0.29, 0.717) is 10.6 Å². The van der Waals surface area contributed by atoms with Gasteiger partial charge in [0, 0.05) is 23.6 Å². The molecule has 0 unspecified atom stereocenters. The number of methoxy groups -OCH3 is 1. The highest BCUT2D eigenvalue weighted by atomic mass is 35.5. The number of nitro benzene ring substituents is 1. The number of nitrogens with zero attached hydrogens (tertiary/aromatic N) is 2. The summed E-state index contributed by atoms with van der Waals surface area (Å²) in [7, 11) is 1.33. The van der Waals surface area contributed by atoms with Gasteiger partial charge in [-0.25, -0.2) is 0 Å². The highest BCUT2D eigenvalue weighted by Gasteiger charge is 2.24. The summed E-state index contributed by atoms with van der Waals surface area (Å²) in [5.74, 6) is -0.956. The minimum absolute atomic E-state index is 0.0156. The molecular formula is C18H13ClN2O6. The van der Waals surface area contributed by atoms with Crippen LogP contribution in [0.3, 0.4) is 0 Å². The van der Waals surface area contributed by atoms with Gasteiger partial charge in [0.2, 0.25) is 0 Å². The fraction of sp³-hybridized carbons (Fsp3) is 0.111. The lowest BCUT2D eigenvalue weighted by Crippen LogP contribution is -2.11. The lowest BCUT2D eigenvalue weighted by molar-refractivity contribution is -0.384. The topological polar surface area (TPSA) is 101 Å². The summed E-state index contributed by atoms with van der Waals surface area (Å²) in [6.07, 6.45) is 1.30. The van der Waals surface area contributed by atoms with Crippen LogP contribution in [0.2, 0.25) is 5.02 Å². The van der Waals surface area contributed by atoms with Crippen LogP contribution in [-0.2, 0) is 4.79 Å². The zero-order valence-electron chi connectivity index (χ0n) is 14.3. The molecule has 8 nitrogen and oxygen atoms in total. The third-order valence-corrected chi connectivity index (χ3v) is 4.06. The molecule has 0 fully saturated rings. The molecule has 3 aromatic rings. The third kappa shape index (κ3) is 3.47. The van der Waals surface area contributed by atoms with Crippen LogP contribution in [0.25, 0.3) is 10.9 Å². The molecule has 1 aromatic heterocycles. The van der Waals surface area contributed by atoms with Crippen molar-refractivity contribution in [1.29, 1.82) is 0 Å². The lowest BCUT2D eigenvalue weighted by Gasteiger charge is -2.08. The monoisotopic (exact) mass is 388 g/mol. The van der Waals surface area contributed by atoms with Gasteiger partial charge in [-0.3, -0.25) is 24.3 Å². The number of esters is 1. The first-order valence-electron chi connectivity index (χ1n) is 7.68. The van der Waals surface area contributed by atoms with Crippen molar-refractivity contribution >= 4 is 40.1 Å². The van der Waals surface area contributed by atoms with E-state index in [1.54, 1.807) is 24.3 Å². The van der Waals surface area contributed by atoms with E-state index in [-0.39, 0.29) is 28.1 Å². The number of fused-ring (bicyclic) bond motifs is 1. The molecule has 2 aromatic carbocycles. The van der Waals surface area contributed by atoms with Crippen LogP contribution in [0.4, 0.5) is 5.69 Å². The number of benzene rings is 2. The molecule has 0 saturated heterocycles. The summed E-state index contributed by atoms with van der Waals surface area (Å²) >= 11 is 5.85. The van der Waals surface area contributed by atoms with E-state index in [4.69, 9.17) is 21.1 Å². The highest BCUT2D eigenvalue weighted by molar-refractivity contribution is 6.30. The Kier molecular flexibility index (Phi) is 4.83. The van der Waals surface area contributed by atoms with Gasteiger partial charge >= 0.3 is 5.97 Å². The first kappa shape index (κ1) is 18.4. The zero-order chi connectivity index (χ0) is 19.7. The molecule has 0 atom stereocenters. The summed E-state index contributed by atoms with van der Waals surface area (Å²) in [5, 5.41) is 11.9. The molecule has 0 radical (unpaired) electrons. The van der Waals surface area contributed by atoms with Gasteiger partial charge in [0.1, 0.15) is 5.52 Å². The van der Waals surface area contributed by atoms with Gasteiger partial charge in [-0.05, 0) is 24.3 Å². The van der Waals surface area contributed by atoms with E-state index in [0.717, 1.165) is 0 Å². The second kappa shape index (κ2) is 7.08. The van der Waals surface area contributed by atoms with Crippen molar-refractivity contribution in [3.8, 4) is 11.5 Å². The van der Waals surface area contributed by atoms with Gasteiger partial charge in [-0.2, -0.15) is 0 Å². The summed E-state index contributed by atoms with van der Waals surface area (Å²) < 4.78 is 11.6. The molecule has 0 saturated carbocycles. The van der Waals surface area contributed by atoms with E-state index in [1.807, 2.05) is 0 Å². The SMILES string of the molecule is COc1cc([N+](=O)[O-])cc2c(OC(C)=O)cn(C(=O)c3ccc(Cl)cc3)c12. The lowest BCUT2D eigenvalue weighted by atomic mass is 10.2. The van der Waals surface area contributed by atoms with Crippen LogP contribution >= 0.6 is 11.6 Å². The Morgan fingerprint density at radius 2 is 1.81 bits per heavy atom. The Bertz CT molecular complexity index is 1070. The molecule has 0 bridgehead atoms. The van der Waals surface area contributed by atoms with Crippen molar-refractivity contribution in [2.24, 2.45) is 0 Å². The number of nitro groups is 1. The van der Waals surface area contributed by atoms with E-state index in [2.05, 4.69) is 0 Å². The first-order valence-corrected chi connectivity index (χ1v) is 8.05. The molecule has 9 heteroatoms. The molecule has 1 heterocycles. The van der Waals surface area contributed by atoms with Gasteiger partial charge in [-0.15, -0.1) is 0 Å². The number of carbonyl (C=O) groups is 2. The average molecular weight is 389 g/mol. The molecule has 3 rings (SSSR count). The molecule has 0 aliphatic carbocycles. The normalized spacial score (nSPS) is 10.6. The number of hydrogen-bond acceptors (Lipinski definition) is 6. The minimum atomic E-state index is -0.626.